The number of carbonyl (C=O) groups excluding carboxylic acids is 1. The van der Waals surface area contributed by atoms with Crippen molar-refractivity contribution >= 4 is 34.3 Å². The summed E-state index contributed by atoms with van der Waals surface area (Å²) in [5.41, 5.74) is 2.08. The van der Waals surface area contributed by atoms with Crippen molar-refractivity contribution in [2.24, 2.45) is 0 Å². The first-order valence-electron chi connectivity index (χ1n) is 8.63. The van der Waals surface area contributed by atoms with Gasteiger partial charge in [-0.15, -0.1) is 0 Å². The molecule has 0 fully saturated rings. The van der Waals surface area contributed by atoms with E-state index in [1.807, 2.05) is 30.3 Å². The summed E-state index contributed by atoms with van der Waals surface area (Å²) >= 11 is 0. The number of para-hydroxylation sites is 1. The van der Waals surface area contributed by atoms with Crippen LogP contribution in [0.2, 0.25) is 0 Å². The van der Waals surface area contributed by atoms with Crippen LogP contribution in [0.5, 0.6) is 0 Å². The number of ether oxygens (including phenoxy) is 1. The van der Waals surface area contributed by atoms with Crippen LogP contribution in [0.1, 0.15) is 24.2 Å². The maximum Gasteiger partial charge on any atom is 0.337 e. The van der Waals surface area contributed by atoms with Crippen LogP contribution in [0.15, 0.2) is 48.5 Å². The maximum atomic E-state index is 11.7. The lowest BCUT2D eigenvalue weighted by Crippen LogP contribution is -2.23. The Morgan fingerprint density at radius 1 is 1.08 bits per heavy atom. The predicted octanol–water partition coefficient (Wildman–Crippen LogP) is 4.01. The smallest absolute Gasteiger partial charge is 0.337 e. The summed E-state index contributed by atoms with van der Waals surface area (Å²) in [5, 5.41) is 4.22. The SMILES string of the molecule is CCN(CC)c1nc(Nc2cccc(C(=O)OC)c2)nc2ccccc12. The molecule has 0 aliphatic carbocycles. The number of anilines is 3. The molecule has 0 aliphatic heterocycles. The Hall–Kier alpha value is -3.15. The molecule has 0 saturated heterocycles. The van der Waals surface area contributed by atoms with Gasteiger partial charge in [0.25, 0.3) is 0 Å². The zero-order valence-electron chi connectivity index (χ0n) is 15.2. The van der Waals surface area contributed by atoms with Crippen molar-refractivity contribution in [2.45, 2.75) is 13.8 Å². The van der Waals surface area contributed by atoms with Crippen molar-refractivity contribution in [2.75, 3.05) is 30.4 Å². The molecule has 26 heavy (non-hydrogen) atoms. The van der Waals surface area contributed by atoms with E-state index in [-0.39, 0.29) is 5.97 Å². The van der Waals surface area contributed by atoms with Crippen molar-refractivity contribution in [3.63, 3.8) is 0 Å². The highest BCUT2D eigenvalue weighted by Crippen LogP contribution is 2.26. The molecule has 0 bridgehead atoms. The van der Waals surface area contributed by atoms with Crippen LogP contribution in [0.25, 0.3) is 10.9 Å². The highest BCUT2D eigenvalue weighted by Gasteiger charge is 2.13. The van der Waals surface area contributed by atoms with Gasteiger partial charge in [-0.1, -0.05) is 18.2 Å². The van der Waals surface area contributed by atoms with Gasteiger partial charge in [-0.3, -0.25) is 0 Å². The molecule has 2 aromatic carbocycles. The molecule has 1 aromatic heterocycles. The third kappa shape index (κ3) is 3.59. The maximum absolute atomic E-state index is 11.7. The van der Waals surface area contributed by atoms with Gasteiger partial charge in [0.1, 0.15) is 5.82 Å². The van der Waals surface area contributed by atoms with E-state index in [9.17, 15) is 4.79 Å². The molecule has 3 rings (SSSR count). The quantitative estimate of drug-likeness (QED) is 0.678. The van der Waals surface area contributed by atoms with Gasteiger partial charge in [-0.25, -0.2) is 9.78 Å². The van der Waals surface area contributed by atoms with Crippen LogP contribution in [0.3, 0.4) is 0 Å². The Kier molecular flexibility index (Phi) is 5.31. The molecule has 1 N–H and O–H groups in total. The third-order valence-electron chi connectivity index (χ3n) is 4.19. The second-order valence-electron chi connectivity index (χ2n) is 5.76. The predicted molar refractivity (Wildman–Crippen MR) is 104 cm³/mol. The minimum absolute atomic E-state index is 0.378. The normalized spacial score (nSPS) is 10.6. The molecule has 0 spiro atoms. The topological polar surface area (TPSA) is 67.4 Å². The number of rotatable bonds is 6. The van der Waals surface area contributed by atoms with Crippen LogP contribution in [-0.2, 0) is 4.74 Å². The average molecular weight is 350 g/mol. The lowest BCUT2D eigenvalue weighted by atomic mass is 10.2. The number of esters is 1. The highest BCUT2D eigenvalue weighted by molar-refractivity contribution is 5.92. The number of carbonyl (C=O) groups is 1. The van der Waals surface area contributed by atoms with Crippen molar-refractivity contribution in [3.05, 3.63) is 54.1 Å². The molecule has 0 atom stereocenters. The second kappa shape index (κ2) is 7.82. The number of nitrogens with one attached hydrogen (secondary N) is 1. The van der Waals surface area contributed by atoms with E-state index >= 15 is 0 Å². The third-order valence-corrected chi connectivity index (χ3v) is 4.19. The van der Waals surface area contributed by atoms with Gasteiger partial charge in [-0.2, -0.15) is 4.98 Å². The fourth-order valence-corrected chi connectivity index (χ4v) is 2.85. The second-order valence-corrected chi connectivity index (χ2v) is 5.76. The molecule has 0 unspecified atom stereocenters. The van der Waals surface area contributed by atoms with Gasteiger partial charge < -0.3 is 15.0 Å². The summed E-state index contributed by atoms with van der Waals surface area (Å²) in [7, 11) is 1.37. The van der Waals surface area contributed by atoms with Gasteiger partial charge in [-0.05, 0) is 44.2 Å². The van der Waals surface area contributed by atoms with Crippen LogP contribution < -0.4 is 10.2 Å². The first-order chi connectivity index (χ1) is 12.7. The minimum Gasteiger partial charge on any atom is -0.465 e. The number of benzene rings is 2. The highest BCUT2D eigenvalue weighted by atomic mass is 16.5. The van der Waals surface area contributed by atoms with Gasteiger partial charge in [0.2, 0.25) is 5.95 Å². The van der Waals surface area contributed by atoms with E-state index < -0.39 is 0 Å². The number of fused-ring (bicyclic) bond motifs is 1. The number of aromatic nitrogens is 2. The lowest BCUT2D eigenvalue weighted by Gasteiger charge is -2.22. The summed E-state index contributed by atoms with van der Waals surface area (Å²) < 4.78 is 4.77. The van der Waals surface area contributed by atoms with E-state index in [1.54, 1.807) is 18.2 Å². The molecular weight excluding hydrogens is 328 g/mol. The molecule has 0 amide bonds. The van der Waals surface area contributed by atoms with Gasteiger partial charge >= 0.3 is 5.97 Å². The zero-order valence-corrected chi connectivity index (χ0v) is 15.2. The standard InChI is InChI=1S/C20H22N4O2/c1-4-24(5-2)18-16-11-6-7-12-17(16)22-20(23-18)21-15-10-8-9-14(13-15)19(25)26-3/h6-13H,4-5H2,1-3H3,(H,21,22,23). The number of hydrogen-bond donors (Lipinski definition) is 1. The summed E-state index contributed by atoms with van der Waals surface area (Å²) in [6, 6.07) is 15.0. The first kappa shape index (κ1) is 17.7. The van der Waals surface area contributed by atoms with Crippen molar-refractivity contribution in [1.29, 1.82) is 0 Å². The van der Waals surface area contributed by atoms with Crippen molar-refractivity contribution < 1.29 is 9.53 Å². The van der Waals surface area contributed by atoms with Gasteiger partial charge in [0.05, 0.1) is 18.2 Å². The molecule has 0 radical (unpaired) electrons. The number of hydrogen-bond acceptors (Lipinski definition) is 6. The molecule has 134 valence electrons. The fourth-order valence-electron chi connectivity index (χ4n) is 2.85. The first-order valence-corrected chi connectivity index (χ1v) is 8.63. The van der Waals surface area contributed by atoms with E-state index in [4.69, 9.17) is 9.72 Å². The number of nitrogens with zero attached hydrogens (tertiary/aromatic N) is 3. The Labute approximate surface area is 152 Å². The summed E-state index contributed by atoms with van der Waals surface area (Å²) in [4.78, 5) is 23.3. The molecule has 3 aromatic rings. The molecule has 0 aliphatic rings. The molecule has 6 nitrogen and oxygen atoms in total. The van der Waals surface area contributed by atoms with E-state index in [1.165, 1.54) is 7.11 Å². The Morgan fingerprint density at radius 3 is 2.58 bits per heavy atom. The monoisotopic (exact) mass is 350 g/mol. The largest absolute Gasteiger partial charge is 0.465 e. The Morgan fingerprint density at radius 2 is 1.85 bits per heavy atom. The van der Waals surface area contributed by atoms with Crippen molar-refractivity contribution in [1.82, 2.24) is 9.97 Å². The number of methoxy groups -OCH3 is 1. The van der Waals surface area contributed by atoms with E-state index in [2.05, 4.69) is 29.0 Å². The lowest BCUT2D eigenvalue weighted by molar-refractivity contribution is 0.0601. The van der Waals surface area contributed by atoms with Gasteiger partial charge in [0, 0.05) is 24.2 Å². The molecule has 0 saturated carbocycles. The minimum atomic E-state index is -0.378. The fraction of sp³-hybridized carbons (Fsp3) is 0.250. The average Bonchev–Trinajstić information content (AvgIpc) is 2.68. The summed E-state index contributed by atoms with van der Waals surface area (Å²) in [5.74, 6) is 1.01. The molecule has 6 heteroatoms. The van der Waals surface area contributed by atoms with E-state index in [0.717, 1.165) is 35.5 Å². The Balaban J connectivity index is 2.02. The van der Waals surface area contributed by atoms with Crippen LogP contribution >= 0.6 is 0 Å². The van der Waals surface area contributed by atoms with Gasteiger partial charge in [0.15, 0.2) is 0 Å². The Bertz CT molecular complexity index is 923. The van der Waals surface area contributed by atoms with Crippen LogP contribution in [0.4, 0.5) is 17.5 Å². The van der Waals surface area contributed by atoms with Crippen LogP contribution in [0, 0.1) is 0 Å². The summed E-state index contributed by atoms with van der Waals surface area (Å²) in [6.07, 6.45) is 0. The van der Waals surface area contributed by atoms with Crippen molar-refractivity contribution in [3.8, 4) is 0 Å². The molecular formula is C20H22N4O2. The molecule has 1 heterocycles. The van der Waals surface area contributed by atoms with Crippen LogP contribution in [-0.4, -0.2) is 36.1 Å². The summed E-state index contributed by atoms with van der Waals surface area (Å²) in [6.45, 7) is 5.92. The zero-order chi connectivity index (χ0) is 18.5. The van der Waals surface area contributed by atoms with E-state index in [0.29, 0.717) is 11.5 Å².